The first-order chi connectivity index (χ1) is 11.2. The molecule has 0 aromatic carbocycles. The Balaban J connectivity index is 6.61. The van der Waals surface area contributed by atoms with E-state index in [9.17, 15) is 14.7 Å². The molecule has 0 aromatic rings. The molecule has 26 heavy (non-hydrogen) atoms. The fraction of sp³-hybridized carbons (Fsp3) is 0.909. The Morgan fingerprint density at radius 1 is 0.808 bits per heavy atom. The van der Waals surface area contributed by atoms with Crippen LogP contribution < -0.4 is 0 Å². The van der Waals surface area contributed by atoms with Gasteiger partial charge in [-0.25, -0.2) is 0 Å². The SMILES string of the molecule is CC(C)(C)COC(=O)C(CC(C)(C)C)(C(C(=O)O)C(C)(C)C)C(C)(C)C. The average molecular weight is 371 g/mol. The predicted octanol–water partition coefficient (Wildman–Crippen LogP) is 5.79. The molecule has 0 saturated carbocycles. The molecule has 0 amide bonds. The van der Waals surface area contributed by atoms with Crippen molar-refractivity contribution in [2.24, 2.45) is 33.0 Å². The van der Waals surface area contributed by atoms with E-state index >= 15 is 0 Å². The highest BCUT2D eigenvalue weighted by Crippen LogP contribution is 2.57. The second-order valence-electron chi connectivity index (χ2n) is 12.2. The monoisotopic (exact) mass is 370 g/mol. The molecule has 4 heteroatoms. The van der Waals surface area contributed by atoms with Crippen molar-refractivity contribution in [3.8, 4) is 0 Å². The summed E-state index contributed by atoms with van der Waals surface area (Å²) >= 11 is 0. The number of carboxylic acids is 1. The van der Waals surface area contributed by atoms with Crippen molar-refractivity contribution in [3.63, 3.8) is 0 Å². The minimum Gasteiger partial charge on any atom is -0.481 e. The van der Waals surface area contributed by atoms with Gasteiger partial charge in [-0.2, -0.15) is 0 Å². The maximum absolute atomic E-state index is 13.5. The highest BCUT2D eigenvalue weighted by Gasteiger charge is 2.62. The van der Waals surface area contributed by atoms with E-state index in [1.165, 1.54) is 0 Å². The number of esters is 1. The van der Waals surface area contributed by atoms with Gasteiger partial charge in [0.1, 0.15) is 0 Å². The Bertz CT molecular complexity index is 506. The Morgan fingerprint density at radius 3 is 1.46 bits per heavy atom. The van der Waals surface area contributed by atoms with Crippen LogP contribution in [0.3, 0.4) is 0 Å². The third-order valence-electron chi connectivity index (χ3n) is 4.75. The van der Waals surface area contributed by atoms with Crippen molar-refractivity contribution in [2.45, 2.75) is 89.5 Å². The summed E-state index contributed by atoms with van der Waals surface area (Å²) in [7, 11) is 0. The summed E-state index contributed by atoms with van der Waals surface area (Å²) in [6, 6.07) is 0. The van der Waals surface area contributed by atoms with Crippen LogP contribution in [0.1, 0.15) is 89.5 Å². The third kappa shape index (κ3) is 6.28. The number of rotatable bonds is 5. The molecule has 2 unspecified atom stereocenters. The van der Waals surface area contributed by atoms with Crippen LogP contribution in [0.2, 0.25) is 0 Å². The zero-order valence-corrected chi connectivity index (χ0v) is 19.2. The van der Waals surface area contributed by atoms with Gasteiger partial charge in [0.05, 0.1) is 17.9 Å². The molecule has 1 N–H and O–H groups in total. The first-order valence-corrected chi connectivity index (χ1v) is 9.55. The van der Waals surface area contributed by atoms with Crippen molar-refractivity contribution < 1.29 is 19.4 Å². The summed E-state index contributed by atoms with van der Waals surface area (Å²) in [5, 5.41) is 10.2. The molecule has 154 valence electrons. The van der Waals surface area contributed by atoms with Crippen LogP contribution in [-0.2, 0) is 14.3 Å². The van der Waals surface area contributed by atoms with Crippen molar-refractivity contribution >= 4 is 11.9 Å². The second kappa shape index (κ2) is 7.52. The number of carbonyl (C=O) groups is 2. The number of carbonyl (C=O) groups excluding carboxylic acids is 1. The maximum Gasteiger partial charge on any atom is 0.313 e. The van der Waals surface area contributed by atoms with Gasteiger partial charge >= 0.3 is 11.9 Å². The largest absolute Gasteiger partial charge is 0.481 e. The zero-order chi connectivity index (χ0) is 21.4. The van der Waals surface area contributed by atoms with Gasteiger partial charge < -0.3 is 9.84 Å². The Morgan fingerprint density at radius 2 is 1.23 bits per heavy atom. The van der Waals surface area contributed by atoms with E-state index < -0.39 is 34.1 Å². The van der Waals surface area contributed by atoms with Crippen molar-refractivity contribution in [2.75, 3.05) is 6.61 Å². The summed E-state index contributed by atoms with van der Waals surface area (Å²) in [5.74, 6) is -2.19. The average Bonchev–Trinajstić information content (AvgIpc) is 2.28. The van der Waals surface area contributed by atoms with Crippen LogP contribution in [0.25, 0.3) is 0 Å². The standard InChI is InChI=1S/C22H42O4/c1-18(2,3)13-22(21(10,11)12,15(16(23)24)20(7,8)9)17(25)26-14-19(4,5)6/h15H,13-14H2,1-12H3,(H,23,24). The van der Waals surface area contributed by atoms with E-state index in [1.807, 2.05) is 83.1 Å². The van der Waals surface area contributed by atoms with Crippen LogP contribution in [0.4, 0.5) is 0 Å². The van der Waals surface area contributed by atoms with Gasteiger partial charge in [-0.15, -0.1) is 0 Å². The minimum absolute atomic E-state index is 0.179. The van der Waals surface area contributed by atoms with Crippen LogP contribution in [-0.4, -0.2) is 23.7 Å². The van der Waals surface area contributed by atoms with E-state index in [0.29, 0.717) is 6.42 Å². The smallest absolute Gasteiger partial charge is 0.313 e. The maximum atomic E-state index is 13.5. The van der Waals surface area contributed by atoms with E-state index in [0.717, 1.165) is 0 Å². The lowest BCUT2D eigenvalue weighted by molar-refractivity contribution is -0.191. The molecular weight excluding hydrogens is 328 g/mol. The van der Waals surface area contributed by atoms with E-state index in [2.05, 4.69) is 0 Å². The summed E-state index contributed by atoms with van der Waals surface area (Å²) in [6.07, 6.45) is 0.445. The van der Waals surface area contributed by atoms with Gasteiger partial charge in [-0.1, -0.05) is 83.1 Å². The van der Waals surface area contributed by atoms with E-state index in [-0.39, 0.29) is 17.4 Å². The summed E-state index contributed by atoms with van der Waals surface area (Å²) in [5.41, 5.74) is -2.72. The van der Waals surface area contributed by atoms with Crippen molar-refractivity contribution in [3.05, 3.63) is 0 Å². The van der Waals surface area contributed by atoms with Crippen LogP contribution in [0.5, 0.6) is 0 Å². The Labute approximate surface area is 161 Å². The fourth-order valence-electron chi connectivity index (χ4n) is 3.86. The zero-order valence-electron chi connectivity index (χ0n) is 19.2. The number of aliphatic carboxylic acids is 1. The summed E-state index contributed by atoms with van der Waals surface area (Å²) in [4.78, 5) is 26.0. The quantitative estimate of drug-likeness (QED) is 0.622. The van der Waals surface area contributed by atoms with Gasteiger partial charge in [0.25, 0.3) is 0 Å². The lowest BCUT2D eigenvalue weighted by atomic mass is 9.50. The lowest BCUT2D eigenvalue weighted by Gasteiger charge is -2.52. The fourth-order valence-corrected chi connectivity index (χ4v) is 3.86. The molecule has 0 bridgehead atoms. The van der Waals surface area contributed by atoms with Crippen LogP contribution in [0.15, 0.2) is 0 Å². The van der Waals surface area contributed by atoms with E-state index in [1.54, 1.807) is 0 Å². The second-order valence-corrected chi connectivity index (χ2v) is 12.2. The highest BCUT2D eigenvalue weighted by molar-refractivity contribution is 5.86. The van der Waals surface area contributed by atoms with Crippen molar-refractivity contribution in [1.82, 2.24) is 0 Å². The molecule has 0 fully saturated rings. The molecule has 0 rings (SSSR count). The van der Waals surface area contributed by atoms with Crippen molar-refractivity contribution in [1.29, 1.82) is 0 Å². The first kappa shape index (κ1) is 24.9. The number of hydrogen-bond donors (Lipinski definition) is 1. The number of ether oxygens (including phenoxy) is 1. The molecule has 0 saturated heterocycles. The van der Waals surface area contributed by atoms with Gasteiger partial charge in [0.2, 0.25) is 0 Å². The van der Waals surface area contributed by atoms with Gasteiger partial charge in [-0.05, 0) is 28.1 Å². The Kier molecular flexibility index (Phi) is 7.21. The molecule has 0 radical (unpaired) electrons. The normalized spacial score (nSPS) is 17.4. The molecule has 0 aliphatic carbocycles. The molecule has 0 heterocycles. The molecule has 0 aliphatic rings. The van der Waals surface area contributed by atoms with Gasteiger partial charge in [-0.3, -0.25) is 9.59 Å². The Hall–Kier alpha value is -1.06. The van der Waals surface area contributed by atoms with Crippen LogP contribution in [0, 0.1) is 33.0 Å². The minimum atomic E-state index is -1.14. The summed E-state index contributed by atoms with van der Waals surface area (Å²) < 4.78 is 5.77. The van der Waals surface area contributed by atoms with Gasteiger partial charge in [0, 0.05) is 0 Å². The van der Waals surface area contributed by atoms with Gasteiger partial charge in [0.15, 0.2) is 0 Å². The molecule has 0 aromatic heterocycles. The molecule has 0 spiro atoms. The lowest BCUT2D eigenvalue weighted by Crippen LogP contribution is -2.58. The van der Waals surface area contributed by atoms with E-state index in [4.69, 9.17) is 4.74 Å². The molecule has 4 nitrogen and oxygen atoms in total. The third-order valence-corrected chi connectivity index (χ3v) is 4.75. The summed E-state index contributed by atoms with van der Waals surface area (Å²) in [6.45, 7) is 24.0. The number of hydrogen-bond acceptors (Lipinski definition) is 3. The first-order valence-electron chi connectivity index (χ1n) is 9.55. The number of carboxylic acid groups (broad SMARTS) is 1. The highest BCUT2D eigenvalue weighted by atomic mass is 16.5. The topological polar surface area (TPSA) is 63.6 Å². The molecule has 0 aliphatic heterocycles. The molecular formula is C22H42O4. The van der Waals surface area contributed by atoms with Crippen LogP contribution >= 0.6 is 0 Å². The predicted molar refractivity (Wildman–Crippen MR) is 107 cm³/mol. The molecule has 2 atom stereocenters.